The van der Waals surface area contributed by atoms with Crippen LogP contribution in [0.2, 0.25) is 5.02 Å². The summed E-state index contributed by atoms with van der Waals surface area (Å²) in [5.74, 6) is 0.113. The number of esters is 1. The summed E-state index contributed by atoms with van der Waals surface area (Å²) in [6.45, 7) is 0. The summed E-state index contributed by atoms with van der Waals surface area (Å²) in [5.41, 5.74) is 0.528. The maximum absolute atomic E-state index is 11.8. The second kappa shape index (κ2) is 5.51. The average Bonchev–Trinajstić information content (AvgIpc) is 2.33. The van der Waals surface area contributed by atoms with Gasteiger partial charge in [0.15, 0.2) is 0 Å². The Balaban J connectivity index is 2.11. The van der Waals surface area contributed by atoms with E-state index in [1.165, 1.54) is 0 Å². The van der Waals surface area contributed by atoms with Crippen molar-refractivity contribution in [2.75, 3.05) is 0 Å². The standard InChI is InChI=1S/C13H8ClIO2/c14-10-3-7-12(8-4-10)17-13(16)9-1-5-11(15)6-2-9/h1-8H. The fraction of sp³-hybridized carbons (Fsp3) is 0. The Morgan fingerprint density at radius 3 is 2.18 bits per heavy atom. The quantitative estimate of drug-likeness (QED) is 0.458. The zero-order valence-electron chi connectivity index (χ0n) is 8.69. The predicted octanol–water partition coefficient (Wildman–Crippen LogP) is 4.16. The highest BCUT2D eigenvalue weighted by atomic mass is 127. The number of carbonyl (C=O) groups is 1. The Bertz CT molecular complexity index is 520. The summed E-state index contributed by atoms with van der Waals surface area (Å²) in [6.07, 6.45) is 0. The van der Waals surface area contributed by atoms with Gasteiger partial charge in [-0.2, -0.15) is 0 Å². The van der Waals surface area contributed by atoms with Crippen molar-refractivity contribution >= 4 is 40.2 Å². The summed E-state index contributed by atoms with van der Waals surface area (Å²) >= 11 is 7.92. The number of carbonyl (C=O) groups excluding carboxylic acids is 1. The van der Waals surface area contributed by atoms with Crippen LogP contribution in [0.15, 0.2) is 48.5 Å². The largest absolute Gasteiger partial charge is 0.423 e. The van der Waals surface area contributed by atoms with Crippen molar-refractivity contribution in [2.24, 2.45) is 0 Å². The Hall–Kier alpha value is -1.07. The van der Waals surface area contributed by atoms with E-state index < -0.39 is 0 Å². The second-order valence-corrected chi connectivity index (χ2v) is 5.03. The van der Waals surface area contributed by atoms with Crippen molar-refractivity contribution in [3.05, 3.63) is 62.7 Å². The van der Waals surface area contributed by atoms with Crippen LogP contribution >= 0.6 is 34.2 Å². The molecule has 0 saturated carbocycles. The summed E-state index contributed by atoms with van der Waals surface area (Å²) in [7, 11) is 0. The van der Waals surface area contributed by atoms with E-state index in [0.29, 0.717) is 16.3 Å². The zero-order valence-corrected chi connectivity index (χ0v) is 11.6. The molecule has 86 valence electrons. The third-order valence-electron chi connectivity index (χ3n) is 2.10. The molecule has 0 N–H and O–H groups in total. The number of ether oxygens (including phenoxy) is 1. The van der Waals surface area contributed by atoms with E-state index in [9.17, 15) is 4.79 Å². The highest BCUT2D eigenvalue weighted by Crippen LogP contribution is 2.17. The van der Waals surface area contributed by atoms with Crippen LogP contribution in [-0.2, 0) is 0 Å². The van der Waals surface area contributed by atoms with Gasteiger partial charge in [0.05, 0.1) is 5.56 Å². The second-order valence-electron chi connectivity index (χ2n) is 3.35. The minimum atomic E-state index is -0.372. The molecule has 0 spiro atoms. The molecule has 17 heavy (non-hydrogen) atoms. The van der Waals surface area contributed by atoms with E-state index in [1.807, 2.05) is 12.1 Å². The van der Waals surface area contributed by atoms with Crippen LogP contribution in [-0.4, -0.2) is 5.97 Å². The van der Waals surface area contributed by atoms with Gasteiger partial charge in [-0.15, -0.1) is 0 Å². The summed E-state index contributed by atoms with van der Waals surface area (Å²) in [5, 5.41) is 0.610. The summed E-state index contributed by atoms with van der Waals surface area (Å²) in [6, 6.07) is 13.9. The fourth-order valence-electron chi connectivity index (χ4n) is 1.25. The number of halogens is 2. The molecule has 0 aliphatic rings. The predicted molar refractivity (Wildman–Crippen MR) is 75.6 cm³/mol. The molecule has 0 amide bonds. The van der Waals surface area contributed by atoms with Crippen molar-refractivity contribution in [3.63, 3.8) is 0 Å². The molecule has 0 radical (unpaired) electrons. The van der Waals surface area contributed by atoms with Crippen molar-refractivity contribution in [1.29, 1.82) is 0 Å². The van der Waals surface area contributed by atoms with Crippen molar-refractivity contribution in [3.8, 4) is 5.75 Å². The van der Waals surface area contributed by atoms with E-state index in [1.54, 1.807) is 36.4 Å². The van der Waals surface area contributed by atoms with Gasteiger partial charge in [0.2, 0.25) is 0 Å². The molecule has 0 unspecified atom stereocenters. The van der Waals surface area contributed by atoms with E-state index in [4.69, 9.17) is 16.3 Å². The number of rotatable bonds is 2. The molecule has 2 aromatic rings. The first-order valence-corrected chi connectivity index (χ1v) is 6.34. The smallest absolute Gasteiger partial charge is 0.343 e. The molecule has 0 aliphatic heterocycles. The first kappa shape index (κ1) is 12.4. The Labute approximate surface area is 118 Å². The van der Waals surface area contributed by atoms with Gasteiger partial charge < -0.3 is 4.74 Å². The van der Waals surface area contributed by atoms with Crippen LogP contribution in [0, 0.1) is 3.57 Å². The maximum Gasteiger partial charge on any atom is 0.343 e. The molecule has 0 aliphatic carbocycles. The SMILES string of the molecule is O=C(Oc1ccc(Cl)cc1)c1ccc(I)cc1. The molecule has 2 nitrogen and oxygen atoms in total. The average molecular weight is 359 g/mol. The van der Waals surface area contributed by atoms with Gasteiger partial charge in [-0.05, 0) is 71.1 Å². The molecule has 2 rings (SSSR count). The molecule has 2 aromatic carbocycles. The zero-order chi connectivity index (χ0) is 12.3. The van der Waals surface area contributed by atoms with Crippen LogP contribution < -0.4 is 4.74 Å². The summed E-state index contributed by atoms with van der Waals surface area (Å²) in [4.78, 5) is 11.8. The van der Waals surface area contributed by atoms with Gasteiger partial charge in [0.1, 0.15) is 5.75 Å². The molecular weight excluding hydrogens is 350 g/mol. The van der Waals surface area contributed by atoms with Gasteiger partial charge >= 0.3 is 5.97 Å². The van der Waals surface area contributed by atoms with Crippen molar-refractivity contribution < 1.29 is 9.53 Å². The van der Waals surface area contributed by atoms with Crippen LogP contribution in [0.4, 0.5) is 0 Å². The molecule has 0 aromatic heterocycles. The summed E-state index contributed by atoms with van der Waals surface area (Å²) < 4.78 is 6.27. The first-order valence-electron chi connectivity index (χ1n) is 4.88. The molecular formula is C13H8ClIO2. The lowest BCUT2D eigenvalue weighted by Gasteiger charge is -2.04. The van der Waals surface area contributed by atoms with Gasteiger partial charge in [-0.1, -0.05) is 11.6 Å². The Morgan fingerprint density at radius 2 is 1.59 bits per heavy atom. The van der Waals surface area contributed by atoms with E-state index in [2.05, 4.69) is 22.6 Å². The topological polar surface area (TPSA) is 26.3 Å². The highest BCUT2D eigenvalue weighted by Gasteiger charge is 2.07. The third-order valence-corrected chi connectivity index (χ3v) is 3.08. The lowest BCUT2D eigenvalue weighted by molar-refractivity contribution is 0.0735. The third kappa shape index (κ3) is 3.44. The van der Waals surface area contributed by atoms with Gasteiger partial charge in [-0.25, -0.2) is 4.79 Å². The maximum atomic E-state index is 11.8. The number of benzene rings is 2. The molecule has 0 fully saturated rings. The van der Waals surface area contributed by atoms with Crippen LogP contribution in [0.25, 0.3) is 0 Å². The van der Waals surface area contributed by atoms with E-state index >= 15 is 0 Å². The van der Waals surface area contributed by atoms with Crippen LogP contribution in [0.1, 0.15) is 10.4 Å². The number of hydrogen-bond donors (Lipinski definition) is 0. The molecule has 0 atom stereocenters. The van der Waals surface area contributed by atoms with Gasteiger partial charge in [-0.3, -0.25) is 0 Å². The van der Waals surface area contributed by atoms with Crippen LogP contribution in [0.3, 0.4) is 0 Å². The van der Waals surface area contributed by atoms with Gasteiger partial charge in [0, 0.05) is 8.59 Å². The number of hydrogen-bond acceptors (Lipinski definition) is 2. The molecule has 0 bridgehead atoms. The first-order chi connectivity index (χ1) is 8.15. The highest BCUT2D eigenvalue weighted by molar-refractivity contribution is 14.1. The molecule has 0 saturated heterocycles. The van der Waals surface area contributed by atoms with Crippen molar-refractivity contribution in [1.82, 2.24) is 0 Å². The fourth-order valence-corrected chi connectivity index (χ4v) is 1.74. The lowest BCUT2D eigenvalue weighted by Crippen LogP contribution is -2.08. The van der Waals surface area contributed by atoms with E-state index in [-0.39, 0.29) is 5.97 Å². The lowest BCUT2D eigenvalue weighted by atomic mass is 10.2. The van der Waals surface area contributed by atoms with Crippen molar-refractivity contribution in [2.45, 2.75) is 0 Å². The Morgan fingerprint density at radius 1 is 1.00 bits per heavy atom. The monoisotopic (exact) mass is 358 g/mol. The van der Waals surface area contributed by atoms with Crippen LogP contribution in [0.5, 0.6) is 5.75 Å². The normalized spacial score (nSPS) is 10.0. The van der Waals surface area contributed by atoms with E-state index in [0.717, 1.165) is 3.57 Å². The van der Waals surface area contributed by atoms with Gasteiger partial charge in [0.25, 0.3) is 0 Å². The molecule has 0 heterocycles. The molecule has 4 heteroatoms. The minimum absolute atomic E-state index is 0.372. The Kier molecular flexibility index (Phi) is 4.02. The minimum Gasteiger partial charge on any atom is -0.423 e.